The fourth-order valence-electron chi connectivity index (χ4n) is 0.927. The van der Waals surface area contributed by atoms with Gasteiger partial charge in [0.25, 0.3) is 10.1 Å². The van der Waals surface area contributed by atoms with E-state index in [1.165, 1.54) is 12.1 Å². The van der Waals surface area contributed by atoms with Gasteiger partial charge in [0.1, 0.15) is 4.90 Å². The van der Waals surface area contributed by atoms with E-state index in [4.69, 9.17) is 5.73 Å². The molecule has 1 aromatic rings. The maximum Gasteiger partial charge on any atom is 1.00 e. The predicted molar refractivity (Wildman–Crippen MR) is 51.9 cm³/mol. The Hall–Kier alpha value is -0.0700. The van der Waals surface area contributed by atoms with Gasteiger partial charge >= 0.3 is 31.0 Å². The van der Waals surface area contributed by atoms with Gasteiger partial charge in [-0.3, -0.25) is 4.18 Å². The zero-order chi connectivity index (χ0) is 9.90. The zero-order valence-electron chi connectivity index (χ0n) is 10.2. The third kappa shape index (κ3) is 3.25. The second-order valence-electron chi connectivity index (χ2n) is 2.40. The van der Waals surface area contributed by atoms with Gasteiger partial charge in [-0.2, -0.15) is 8.42 Å². The summed E-state index contributed by atoms with van der Waals surface area (Å²) in [6.45, 7) is 1.72. The van der Waals surface area contributed by atoms with E-state index in [2.05, 4.69) is 4.18 Å². The van der Waals surface area contributed by atoms with E-state index in [1.54, 1.807) is 19.1 Å². The molecule has 14 heavy (non-hydrogen) atoms. The fraction of sp³-hybridized carbons (Fsp3) is 0.250. The SMILES string of the molecule is CCOS(=O)(=O)c1ccccc1N.[H+].[H-].[Na+]. The second kappa shape index (κ2) is 5.72. The van der Waals surface area contributed by atoms with E-state index < -0.39 is 10.1 Å². The van der Waals surface area contributed by atoms with Crippen molar-refractivity contribution in [3.8, 4) is 0 Å². The van der Waals surface area contributed by atoms with Crippen molar-refractivity contribution in [3.05, 3.63) is 24.3 Å². The smallest absolute Gasteiger partial charge is 1.00 e. The minimum atomic E-state index is -3.67. The van der Waals surface area contributed by atoms with E-state index in [0.29, 0.717) is 0 Å². The number of hydrogen-bond acceptors (Lipinski definition) is 4. The second-order valence-corrected chi connectivity index (χ2v) is 3.98. The van der Waals surface area contributed by atoms with Gasteiger partial charge in [-0.1, -0.05) is 12.1 Å². The van der Waals surface area contributed by atoms with E-state index in [0.717, 1.165) is 0 Å². The number of benzene rings is 1. The molecule has 0 amide bonds. The van der Waals surface area contributed by atoms with Gasteiger partial charge in [0.15, 0.2) is 0 Å². The summed E-state index contributed by atoms with van der Waals surface area (Å²) in [5.41, 5.74) is 5.68. The number of nitrogen functional groups attached to an aromatic ring is 1. The summed E-state index contributed by atoms with van der Waals surface area (Å²) in [6, 6.07) is 6.20. The number of hydrogen-bond donors (Lipinski definition) is 1. The number of anilines is 1. The van der Waals surface area contributed by atoms with Crippen LogP contribution in [0.25, 0.3) is 0 Å². The van der Waals surface area contributed by atoms with Crippen molar-refractivity contribution in [2.24, 2.45) is 0 Å². The van der Waals surface area contributed by atoms with Crippen molar-refractivity contribution < 1.29 is 45.0 Å². The van der Waals surface area contributed by atoms with Crippen LogP contribution in [0.4, 0.5) is 5.69 Å². The molecule has 0 aliphatic carbocycles. The Kier molecular flexibility index (Phi) is 5.70. The molecule has 2 N–H and O–H groups in total. The van der Waals surface area contributed by atoms with Crippen LogP contribution in [-0.4, -0.2) is 15.0 Å². The summed E-state index contributed by atoms with van der Waals surface area (Å²) in [7, 11) is -3.67. The average molecular weight is 226 g/mol. The summed E-state index contributed by atoms with van der Waals surface area (Å²) in [4.78, 5) is 0.0249. The maximum atomic E-state index is 11.4. The number of nitrogens with two attached hydrogens (primary N) is 1. The quantitative estimate of drug-likeness (QED) is 0.376. The molecule has 0 aromatic heterocycles. The zero-order valence-corrected chi connectivity index (χ0v) is 11.0. The van der Waals surface area contributed by atoms with E-state index in [9.17, 15) is 8.42 Å². The summed E-state index contributed by atoms with van der Waals surface area (Å²) in [6.07, 6.45) is 0. The Morgan fingerprint density at radius 2 is 2.07 bits per heavy atom. The summed E-state index contributed by atoms with van der Waals surface area (Å²) < 4.78 is 27.3. The molecule has 1 aromatic carbocycles. The molecule has 0 aliphatic heterocycles. The van der Waals surface area contributed by atoms with Gasteiger partial charge < -0.3 is 7.16 Å². The molecule has 0 atom stereocenters. The third-order valence-electron chi connectivity index (χ3n) is 1.46. The van der Waals surface area contributed by atoms with Crippen LogP contribution in [0, 0.1) is 0 Å². The summed E-state index contributed by atoms with van der Waals surface area (Å²) in [5, 5.41) is 0. The van der Waals surface area contributed by atoms with Crippen molar-refractivity contribution in [1.29, 1.82) is 0 Å². The molecule has 74 valence electrons. The Balaban J connectivity index is -0.000000563. The maximum absolute atomic E-state index is 11.4. The molecule has 0 spiro atoms. The van der Waals surface area contributed by atoms with Gasteiger partial charge in [0, 0.05) is 0 Å². The van der Waals surface area contributed by atoms with E-state index in [1.807, 2.05) is 0 Å². The Morgan fingerprint density at radius 1 is 1.50 bits per heavy atom. The molecule has 6 heteroatoms. The normalized spacial score (nSPS) is 10.6. The van der Waals surface area contributed by atoms with Crippen molar-refractivity contribution >= 4 is 15.8 Å². The molecule has 0 aliphatic rings. The Bertz CT molecular complexity index is 400. The number of para-hydroxylation sites is 1. The van der Waals surface area contributed by atoms with Gasteiger partial charge in [0.05, 0.1) is 12.3 Å². The van der Waals surface area contributed by atoms with Gasteiger partial charge in [0.2, 0.25) is 0 Å². The van der Waals surface area contributed by atoms with Crippen molar-refractivity contribution in [3.63, 3.8) is 0 Å². The molecule has 1 rings (SSSR count). The molecule has 0 radical (unpaired) electrons. The molecule has 0 bridgehead atoms. The first-order valence-electron chi connectivity index (χ1n) is 3.82. The molecule has 0 heterocycles. The van der Waals surface area contributed by atoms with Gasteiger partial charge in [-0.25, -0.2) is 0 Å². The van der Waals surface area contributed by atoms with Crippen molar-refractivity contribution in [2.45, 2.75) is 11.8 Å². The van der Waals surface area contributed by atoms with Crippen LogP contribution in [0.15, 0.2) is 29.2 Å². The van der Waals surface area contributed by atoms with Crippen LogP contribution in [0.2, 0.25) is 0 Å². The minimum Gasteiger partial charge on any atom is -1.00 e. The molecular formula is C8H13NNaO3S+. The molecule has 0 unspecified atom stereocenters. The predicted octanol–water partition coefficient (Wildman–Crippen LogP) is -1.78. The van der Waals surface area contributed by atoms with Crippen LogP contribution >= 0.6 is 0 Å². The van der Waals surface area contributed by atoms with Gasteiger partial charge in [-0.05, 0) is 19.1 Å². The first-order chi connectivity index (χ1) is 6.08. The molecule has 0 saturated heterocycles. The Morgan fingerprint density at radius 3 is 2.57 bits per heavy atom. The molecule has 0 fully saturated rings. The standard InChI is InChI=1S/C8H11NO3S.Na.H/c1-2-12-13(10,11)8-6-4-3-5-7(8)9;;/h3-6H,2,9H2,1H3;;/q;+1;-1/p+1. The topological polar surface area (TPSA) is 69.4 Å². The first-order valence-corrected chi connectivity index (χ1v) is 5.22. The number of rotatable bonds is 3. The third-order valence-corrected chi connectivity index (χ3v) is 2.92. The first kappa shape index (κ1) is 13.9. The van der Waals surface area contributed by atoms with E-state index in [-0.39, 0.29) is 49.6 Å². The Labute approximate surface area is 109 Å². The van der Waals surface area contributed by atoms with Crippen LogP contribution in [0.3, 0.4) is 0 Å². The van der Waals surface area contributed by atoms with E-state index >= 15 is 0 Å². The van der Waals surface area contributed by atoms with Gasteiger partial charge in [-0.15, -0.1) is 0 Å². The fourth-order valence-corrected chi connectivity index (χ4v) is 1.97. The van der Waals surface area contributed by atoms with Crippen LogP contribution in [0.1, 0.15) is 9.78 Å². The average Bonchev–Trinajstić information content (AvgIpc) is 2.04. The molecule has 0 saturated carbocycles. The minimum absolute atomic E-state index is 0. The van der Waals surface area contributed by atoms with Crippen molar-refractivity contribution in [1.82, 2.24) is 0 Å². The van der Waals surface area contributed by atoms with Crippen molar-refractivity contribution in [2.75, 3.05) is 12.3 Å². The summed E-state index contributed by atoms with van der Waals surface area (Å²) >= 11 is 0. The van der Waals surface area contributed by atoms with Crippen LogP contribution < -0.4 is 35.3 Å². The largest absolute Gasteiger partial charge is 1.00 e. The molecule has 4 nitrogen and oxygen atoms in total. The van der Waals surface area contributed by atoms with Crippen LogP contribution in [-0.2, 0) is 14.3 Å². The van der Waals surface area contributed by atoms with Crippen LogP contribution in [0.5, 0.6) is 0 Å². The summed E-state index contributed by atoms with van der Waals surface area (Å²) in [5.74, 6) is 0. The molecular weight excluding hydrogens is 213 g/mol. The monoisotopic (exact) mass is 226 g/mol.